The molecule has 0 radical (unpaired) electrons. The quantitative estimate of drug-likeness (QED) is 0.347. The Morgan fingerprint density at radius 2 is 2.19 bits per heavy atom. The highest BCUT2D eigenvalue weighted by Gasteiger charge is 2.25. The monoisotopic (exact) mass is 494 g/mol. The molecule has 1 aromatic heterocycles. The summed E-state index contributed by atoms with van der Waals surface area (Å²) >= 11 is 6.26. The molecule has 1 fully saturated rings. The number of guanidine groups is 1. The second-order valence-corrected chi connectivity index (χ2v) is 6.82. The predicted octanol–water partition coefficient (Wildman–Crippen LogP) is 2.83. The molecule has 0 bridgehead atoms. The normalized spacial score (nSPS) is 18.6. The summed E-state index contributed by atoms with van der Waals surface area (Å²) in [6, 6.07) is 4.56. The van der Waals surface area contributed by atoms with Crippen molar-refractivity contribution in [1.29, 1.82) is 0 Å². The number of likely N-dealkylation sites (N-methyl/N-ethyl adjacent to an activating group) is 1. The first-order valence-electron chi connectivity index (χ1n) is 9.15. The van der Waals surface area contributed by atoms with Crippen molar-refractivity contribution in [3.05, 3.63) is 23.4 Å². The van der Waals surface area contributed by atoms with Crippen LogP contribution in [0.2, 0.25) is 5.02 Å². The van der Waals surface area contributed by atoms with Crippen LogP contribution >= 0.6 is 35.6 Å². The Kier molecular flexibility index (Phi) is 10.6. The van der Waals surface area contributed by atoms with Crippen LogP contribution in [0.3, 0.4) is 0 Å². The molecular weight excluding hydrogens is 463 g/mol. The molecule has 2 N–H and O–H groups in total. The van der Waals surface area contributed by atoms with E-state index < -0.39 is 0 Å². The molecule has 2 unspecified atom stereocenters. The van der Waals surface area contributed by atoms with Gasteiger partial charge in [0.25, 0.3) is 0 Å². The average molecular weight is 495 g/mol. The Morgan fingerprint density at radius 3 is 2.81 bits per heavy atom. The second-order valence-electron chi connectivity index (χ2n) is 6.41. The van der Waals surface area contributed by atoms with E-state index in [0.717, 1.165) is 50.9 Å². The number of nitrogens with zero attached hydrogens (tertiary/aromatic N) is 4. The van der Waals surface area contributed by atoms with Crippen molar-refractivity contribution in [3.8, 4) is 0 Å². The molecule has 0 aliphatic carbocycles. The molecule has 1 aliphatic heterocycles. The molecule has 0 aromatic carbocycles. The number of hydrogen-bond donors (Lipinski definition) is 2. The summed E-state index contributed by atoms with van der Waals surface area (Å²) in [6.45, 7) is 11.5. The van der Waals surface area contributed by atoms with E-state index in [-0.39, 0.29) is 24.0 Å². The lowest BCUT2D eigenvalue weighted by molar-refractivity contribution is 0.231. The molecule has 0 amide bonds. The minimum atomic E-state index is 0. The maximum absolute atomic E-state index is 6.26. The molecule has 0 saturated carbocycles. The van der Waals surface area contributed by atoms with Gasteiger partial charge in [-0.25, -0.2) is 4.98 Å². The number of anilines is 1. The zero-order chi connectivity index (χ0) is 18.2. The topological polar surface area (TPSA) is 55.8 Å². The minimum absolute atomic E-state index is 0. The van der Waals surface area contributed by atoms with E-state index in [0.29, 0.717) is 17.1 Å². The summed E-state index contributed by atoms with van der Waals surface area (Å²) < 4.78 is 0. The molecule has 6 nitrogen and oxygen atoms in total. The molecule has 1 aromatic rings. The third-order valence-electron chi connectivity index (χ3n) is 4.79. The van der Waals surface area contributed by atoms with Crippen LogP contribution in [0.15, 0.2) is 23.3 Å². The van der Waals surface area contributed by atoms with E-state index in [2.05, 4.69) is 51.2 Å². The van der Waals surface area contributed by atoms with Crippen LogP contribution in [0.5, 0.6) is 0 Å². The standard InChI is InChI=1S/C18H31ClN6.HI/c1-5-24(6-2)14(3)12-22-18(20-4)23-15-9-11-25(13-15)17-16(19)8-7-10-21-17;/h7-8,10,14-15H,5-6,9,11-13H2,1-4H3,(H2,20,22,23);1H. The number of rotatable bonds is 7. The molecule has 2 rings (SSSR count). The van der Waals surface area contributed by atoms with Gasteiger partial charge in [-0.1, -0.05) is 25.4 Å². The van der Waals surface area contributed by atoms with Crippen molar-refractivity contribution in [2.45, 2.75) is 39.3 Å². The van der Waals surface area contributed by atoms with Crippen LogP contribution in [0.25, 0.3) is 0 Å². The van der Waals surface area contributed by atoms with Gasteiger partial charge in [0.15, 0.2) is 5.96 Å². The number of hydrogen-bond acceptors (Lipinski definition) is 4. The Bertz CT molecular complexity index is 566. The van der Waals surface area contributed by atoms with Crippen molar-refractivity contribution in [2.24, 2.45) is 4.99 Å². The smallest absolute Gasteiger partial charge is 0.191 e. The van der Waals surface area contributed by atoms with Gasteiger partial charge in [-0.15, -0.1) is 24.0 Å². The first kappa shape index (κ1) is 23.2. The van der Waals surface area contributed by atoms with Crippen LogP contribution in [0.1, 0.15) is 27.2 Å². The highest BCUT2D eigenvalue weighted by atomic mass is 127. The molecule has 1 saturated heterocycles. The summed E-state index contributed by atoms with van der Waals surface area (Å²) in [4.78, 5) is 13.4. The molecule has 2 atom stereocenters. The summed E-state index contributed by atoms with van der Waals surface area (Å²) in [5.74, 6) is 1.73. The van der Waals surface area contributed by atoms with Crippen LogP contribution in [-0.4, -0.2) is 67.7 Å². The third kappa shape index (κ3) is 6.42. The van der Waals surface area contributed by atoms with Gasteiger partial charge in [-0.2, -0.15) is 0 Å². The van der Waals surface area contributed by atoms with Crippen LogP contribution < -0.4 is 15.5 Å². The average Bonchev–Trinajstić information content (AvgIpc) is 3.08. The van der Waals surface area contributed by atoms with Crippen molar-refractivity contribution in [1.82, 2.24) is 20.5 Å². The van der Waals surface area contributed by atoms with E-state index >= 15 is 0 Å². The fraction of sp³-hybridized carbons (Fsp3) is 0.667. The maximum Gasteiger partial charge on any atom is 0.191 e. The van der Waals surface area contributed by atoms with Gasteiger partial charge in [0.1, 0.15) is 5.82 Å². The highest BCUT2D eigenvalue weighted by molar-refractivity contribution is 14.0. The highest BCUT2D eigenvalue weighted by Crippen LogP contribution is 2.25. The number of nitrogens with one attached hydrogen (secondary N) is 2. The lowest BCUT2D eigenvalue weighted by atomic mass is 10.2. The molecule has 8 heteroatoms. The van der Waals surface area contributed by atoms with E-state index in [4.69, 9.17) is 11.6 Å². The van der Waals surface area contributed by atoms with E-state index in [1.807, 2.05) is 19.2 Å². The lowest BCUT2D eigenvalue weighted by Crippen LogP contribution is -2.49. The molecule has 1 aliphatic rings. The predicted molar refractivity (Wildman–Crippen MR) is 122 cm³/mol. The van der Waals surface area contributed by atoms with Gasteiger partial charge < -0.3 is 15.5 Å². The van der Waals surface area contributed by atoms with Crippen LogP contribution in [-0.2, 0) is 0 Å². The van der Waals surface area contributed by atoms with Gasteiger partial charge in [0.2, 0.25) is 0 Å². The van der Waals surface area contributed by atoms with Crippen molar-refractivity contribution in [3.63, 3.8) is 0 Å². The Labute approximate surface area is 179 Å². The van der Waals surface area contributed by atoms with E-state index in [1.165, 1.54) is 0 Å². The maximum atomic E-state index is 6.26. The SMILES string of the molecule is CCN(CC)C(C)CNC(=NC)NC1CCN(c2ncccc2Cl)C1.I. The summed E-state index contributed by atoms with van der Waals surface area (Å²) in [5.41, 5.74) is 0. The Balaban J connectivity index is 0.00000338. The van der Waals surface area contributed by atoms with Gasteiger partial charge in [-0.3, -0.25) is 9.89 Å². The second kappa shape index (κ2) is 11.8. The largest absolute Gasteiger partial charge is 0.355 e. The van der Waals surface area contributed by atoms with E-state index in [1.54, 1.807) is 6.20 Å². The minimum Gasteiger partial charge on any atom is -0.355 e. The molecular formula is C18H32ClIN6. The van der Waals surface area contributed by atoms with Crippen molar-refractivity contribution >= 4 is 47.4 Å². The number of aliphatic imine (C=N–C) groups is 1. The number of aromatic nitrogens is 1. The third-order valence-corrected chi connectivity index (χ3v) is 5.09. The summed E-state index contributed by atoms with van der Waals surface area (Å²) in [7, 11) is 1.82. The van der Waals surface area contributed by atoms with E-state index in [9.17, 15) is 0 Å². The zero-order valence-corrected chi connectivity index (χ0v) is 19.3. The molecule has 2 heterocycles. The van der Waals surface area contributed by atoms with Crippen LogP contribution in [0, 0.1) is 0 Å². The molecule has 0 spiro atoms. The van der Waals surface area contributed by atoms with Crippen molar-refractivity contribution < 1.29 is 0 Å². The first-order valence-corrected chi connectivity index (χ1v) is 9.53. The zero-order valence-electron chi connectivity index (χ0n) is 16.2. The van der Waals surface area contributed by atoms with Crippen LogP contribution in [0.4, 0.5) is 5.82 Å². The van der Waals surface area contributed by atoms with Gasteiger partial charge in [0, 0.05) is 45.0 Å². The van der Waals surface area contributed by atoms with Gasteiger partial charge in [-0.05, 0) is 38.6 Å². The summed E-state index contributed by atoms with van der Waals surface area (Å²) in [5, 5.41) is 7.68. The first-order chi connectivity index (χ1) is 12.1. The fourth-order valence-electron chi connectivity index (χ4n) is 3.29. The Morgan fingerprint density at radius 1 is 1.46 bits per heavy atom. The fourth-order valence-corrected chi connectivity index (χ4v) is 3.53. The summed E-state index contributed by atoms with van der Waals surface area (Å²) in [6.07, 6.45) is 2.83. The van der Waals surface area contributed by atoms with Crippen molar-refractivity contribution in [2.75, 3.05) is 44.7 Å². The molecule has 148 valence electrons. The lowest BCUT2D eigenvalue weighted by Gasteiger charge is -2.27. The molecule has 26 heavy (non-hydrogen) atoms. The number of halogens is 2. The van der Waals surface area contributed by atoms with Gasteiger partial charge >= 0.3 is 0 Å². The number of pyridine rings is 1. The van der Waals surface area contributed by atoms with Gasteiger partial charge in [0.05, 0.1) is 5.02 Å². The Hall–Kier alpha value is -0.800.